The van der Waals surface area contributed by atoms with Crippen LogP contribution in [0, 0.1) is 0 Å². The van der Waals surface area contributed by atoms with Crippen molar-refractivity contribution in [1.82, 2.24) is 0 Å². The molecule has 0 spiro atoms. The molecule has 0 N–H and O–H groups in total. The van der Waals surface area contributed by atoms with E-state index >= 15 is 0 Å². The Morgan fingerprint density at radius 2 is 1.70 bits per heavy atom. The number of carbonyl (C=O) groups is 1. The number of benzene rings is 3. The van der Waals surface area contributed by atoms with Crippen molar-refractivity contribution in [1.29, 1.82) is 0 Å². The van der Waals surface area contributed by atoms with E-state index in [0.717, 1.165) is 10.9 Å². The van der Waals surface area contributed by atoms with Gasteiger partial charge in [0.1, 0.15) is 5.75 Å². The van der Waals surface area contributed by atoms with Crippen LogP contribution in [0.1, 0.15) is 22.8 Å². The molecule has 3 aromatic carbocycles. The van der Waals surface area contributed by atoms with E-state index in [9.17, 15) is 4.79 Å². The van der Waals surface area contributed by atoms with Crippen LogP contribution in [-0.2, 0) is 0 Å². The minimum atomic E-state index is -0.0535. The lowest BCUT2D eigenvalue weighted by molar-refractivity contribution is 0.104. The second kappa shape index (κ2) is 6.93. The number of ether oxygens (including phenoxy) is 1. The maximum absolute atomic E-state index is 12.4. The van der Waals surface area contributed by atoms with Crippen molar-refractivity contribution in [3.8, 4) is 5.75 Å². The van der Waals surface area contributed by atoms with Crippen LogP contribution in [0.2, 0.25) is 0 Å². The minimum Gasteiger partial charge on any atom is -0.493 e. The second-order valence-electron chi connectivity index (χ2n) is 5.23. The number of para-hydroxylation sites is 1. The molecule has 0 unspecified atom stereocenters. The standard InChI is InChI=1S/C21H18O2/c1-2-23-21-10-6-5-9-19(21)20(22)14-12-16-11-13-17-7-3-4-8-18(17)15-16/h3-15H,2H2,1H3. The monoisotopic (exact) mass is 302 g/mol. The summed E-state index contributed by atoms with van der Waals surface area (Å²) in [5.41, 5.74) is 1.59. The summed E-state index contributed by atoms with van der Waals surface area (Å²) in [4.78, 5) is 12.4. The average molecular weight is 302 g/mol. The zero-order valence-corrected chi connectivity index (χ0v) is 13.0. The molecular weight excluding hydrogens is 284 g/mol. The number of hydrogen-bond acceptors (Lipinski definition) is 2. The third kappa shape index (κ3) is 3.49. The number of ketones is 1. The summed E-state index contributed by atoms with van der Waals surface area (Å²) >= 11 is 0. The average Bonchev–Trinajstić information content (AvgIpc) is 2.60. The van der Waals surface area contributed by atoms with Crippen LogP contribution in [0.15, 0.2) is 72.8 Å². The number of rotatable bonds is 5. The summed E-state index contributed by atoms with van der Waals surface area (Å²) < 4.78 is 5.51. The first-order chi connectivity index (χ1) is 11.3. The van der Waals surface area contributed by atoms with Crippen molar-refractivity contribution in [3.63, 3.8) is 0 Å². The molecule has 0 aliphatic rings. The predicted molar refractivity (Wildman–Crippen MR) is 94.9 cm³/mol. The maximum atomic E-state index is 12.4. The zero-order valence-electron chi connectivity index (χ0n) is 13.0. The molecule has 0 saturated carbocycles. The minimum absolute atomic E-state index is 0.0535. The summed E-state index contributed by atoms with van der Waals surface area (Å²) in [6.45, 7) is 2.45. The van der Waals surface area contributed by atoms with Gasteiger partial charge in [-0.15, -0.1) is 0 Å². The van der Waals surface area contributed by atoms with Gasteiger partial charge in [0.05, 0.1) is 12.2 Å². The van der Waals surface area contributed by atoms with E-state index in [1.165, 1.54) is 5.39 Å². The van der Waals surface area contributed by atoms with Crippen LogP contribution in [0.3, 0.4) is 0 Å². The Morgan fingerprint density at radius 3 is 2.52 bits per heavy atom. The Bertz CT molecular complexity index is 862. The Labute approximate surface area is 136 Å². The molecule has 0 bridgehead atoms. The van der Waals surface area contributed by atoms with E-state index in [0.29, 0.717) is 17.9 Å². The SMILES string of the molecule is CCOc1ccccc1C(=O)C=Cc1ccc2ccccc2c1. The van der Waals surface area contributed by atoms with Crippen LogP contribution in [0.25, 0.3) is 16.8 Å². The molecule has 0 aliphatic carbocycles. The highest BCUT2D eigenvalue weighted by atomic mass is 16.5. The molecule has 2 nitrogen and oxygen atoms in total. The molecular formula is C21H18O2. The molecule has 0 aliphatic heterocycles. The van der Waals surface area contributed by atoms with Gasteiger partial charge in [0, 0.05) is 0 Å². The van der Waals surface area contributed by atoms with E-state index in [1.807, 2.05) is 49.4 Å². The topological polar surface area (TPSA) is 26.3 Å². The first-order valence-corrected chi connectivity index (χ1v) is 7.71. The van der Waals surface area contributed by atoms with Crippen LogP contribution < -0.4 is 4.74 Å². The third-order valence-electron chi connectivity index (χ3n) is 3.65. The molecule has 2 heteroatoms. The van der Waals surface area contributed by atoms with Gasteiger partial charge >= 0.3 is 0 Å². The molecule has 3 aromatic rings. The van der Waals surface area contributed by atoms with E-state index in [-0.39, 0.29) is 5.78 Å². The quantitative estimate of drug-likeness (QED) is 0.482. The lowest BCUT2D eigenvalue weighted by atomic mass is 10.0. The lowest BCUT2D eigenvalue weighted by Crippen LogP contribution is -2.01. The Balaban J connectivity index is 1.85. The van der Waals surface area contributed by atoms with Gasteiger partial charge in [-0.25, -0.2) is 0 Å². The van der Waals surface area contributed by atoms with Gasteiger partial charge < -0.3 is 4.74 Å². The van der Waals surface area contributed by atoms with Gasteiger partial charge in [-0.05, 0) is 47.5 Å². The van der Waals surface area contributed by atoms with E-state index in [2.05, 4.69) is 24.3 Å². The predicted octanol–water partition coefficient (Wildman–Crippen LogP) is 5.13. The smallest absolute Gasteiger partial charge is 0.189 e. The van der Waals surface area contributed by atoms with Crippen molar-refractivity contribution in [3.05, 3.63) is 83.9 Å². The first-order valence-electron chi connectivity index (χ1n) is 7.71. The largest absolute Gasteiger partial charge is 0.493 e. The summed E-state index contributed by atoms with van der Waals surface area (Å²) in [5, 5.41) is 2.36. The van der Waals surface area contributed by atoms with Crippen molar-refractivity contribution in [2.24, 2.45) is 0 Å². The molecule has 0 heterocycles. The van der Waals surface area contributed by atoms with Gasteiger partial charge in [-0.2, -0.15) is 0 Å². The van der Waals surface area contributed by atoms with Crippen LogP contribution >= 0.6 is 0 Å². The number of allylic oxidation sites excluding steroid dienone is 1. The summed E-state index contributed by atoms with van der Waals surface area (Å²) in [6.07, 6.45) is 3.44. The Morgan fingerprint density at radius 1 is 0.957 bits per heavy atom. The third-order valence-corrected chi connectivity index (χ3v) is 3.65. The van der Waals surface area contributed by atoms with Gasteiger partial charge in [-0.1, -0.05) is 54.6 Å². The fourth-order valence-electron chi connectivity index (χ4n) is 2.52. The van der Waals surface area contributed by atoms with Crippen LogP contribution in [0.4, 0.5) is 0 Å². The van der Waals surface area contributed by atoms with Gasteiger partial charge in [0.2, 0.25) is 0 Å². The van der Waals surface area contributed by atoms with Crippen molar-refractivity contribution >= 4 is 22.6 Å². The number of fused-ring (bicyclic) bond motifs is 1. The number of carbonyl (C=O) groups excluding carboxylic acids is 1. The molecule has 23 heavy (non-hydrogen) atoms. The molecule has 0 atom stereocenters. The Kier molecular flexibility index (Phi) is 4.53. The lowest BCUT2D eigenvalue weighted by Gasteiger charge is -2.07. The van der Waals surface area contributed by atoms with E-state index in [4.69, 9.17) is 4.74 Å². The summed E-state index contributed by atoms with van der Waals surface area (Å²) in [7, 11) is 0. The highest BCUT2D eigenvalue weighted by Gasteiger charge is 2.08. The summed E-state index contributed by atoms with van der Waals surface area (Å²) in [6, 6.07) is 21.7. The van der Waals surface area contributed by atoms with Crippen LogP contribution in [-0.4, -0.2) is 12.4 Å². The second-order valence-corrected chi connectivity index (χ2v) is 5.23. The first kappa shape index (κ1) is 15.0. The molecule has 114 valence electrons. The molecule has 3 rings (SSSR count). The molecule has 0 amide bonds. The number of hydrogen-bond donors (Lipinski definition) is 0. The highest BCUT2D eigenvalue weighted by molar-refractivity contribution is 6.08. The fourth-order valence-corrected chi connectivity index (χ4v) is 2.52. The maximum Gasteiger partial charge on any atom is 0.189 e. The molecule has 0 fully saturated rings. The molecule has 0 radical (unpaired) electrons. The molecule has 0 saturated heterocycles. The fraction of sp³-hybridized carbons (Fsp3) is 0.0952. The van der Waals surface area contributed by atoms with E-state index < -0.39 is 0 Å². The van der Waals surface area contributed by atoms with Gasteiger partial charge in [0.15, 0.2) is 5.78 Å². The van der Waals surface area contributed by atoms with Gasteiger partial charge in [0.25, 0.3) is 0 Å². The van der Waals surface area contributed by atoms with Crippen molar-refractivity contribution < 1.29 is 9.53 Å². The highest BCUT2D eigenvalue weighted by Crippen LogP contribution is 2.20. The summed E-state index contributed by atoms with van der Waals surface area (Å²) in [5.74, 6) is 0.574. The van der Waals surface area contributed by atoms with E-state index in [1.54, 1.807) is 12.1 Å². The van der Waals surface area contributed by atoms with Crippen molar-refractivity contribution in [2.75, 3.05) is 6.61 Å². The normalized spacial score (nSPS) is 11.0. The molecule has 0 aromatic heterocycles. The van der Waals surface area contributed by atoms with Crippen molar-refractivity contribution in [2.45, 2.75) is 6.92 Å². The Hall–Kier alpha value is -2.87. The zero-order chi connectivity index (χ0) is 16.1. The van der Waals surface area contributed by atoms with Crippen LogP contribution in [0.5, 0.6) is 5.75 Å². The van der Waals surface area contributed by atoms with Gasteiger partial charge in [-0.3, -0.25) is 4.79 Å².